The summed E-state index contributed by atoms with van der Waals surface area (Å²) < 4.78 is 46.5. The van der Waals surface area contributed by atoms with E-state index in [1.165, 1.54) is 24.3 Å². The maximum absolute atomic E-state index is 12.2. The van der Waals surface area contributed by atoms with Gasteiger partial charge in [-0.2, -0.15) is 13.2 Å². The molecule has 0 bridgehead atoms. The van der Waals surface area contributed by atoms with E-state index in [2.05, 4.69) is 10.1 Å². The number of hydrogen-bond donors (Lipinski definition) is 1. The van der Waals surface area contributed by atoms with Gasteiger partial charge in [-0.1, -0.05) is 11.6 Å². The predicted octanol–water partition coefficient (Wildman–Crippen LogP) is 5.00. The number of amides is 1. The van der Waals surface area contributed by atoms with Gasteiger partial charge in [-0.05, 0) is 61.9 Å². The molecule has 0 aliphatic carbocycles. The van der Waals surface area contributed by atoms with E-state index in [1.54, 1.807) is 25.1 Å². The zero-order chi connectivity index (χ0) is 19.3. The summed E-state index contributed by atoms with van der Waals surface area (Å²) in [5, 5.41) is 3.19. The molecule has 1 atom stereocenters. The third-order valence-corrected chi connectivity index (χ3v) is 3.57. The lowest BCUT2D eigenvalue weighted by Crippen LogP contribution is -2.30. The normalized spacial score (nSPS) is 12.4. The maximum Gasteiger partial charge on any atom is 0.422 e. The lowest BCUT2D eigenvalue weighted by atomic mass is 10.2. The first-order valence-electron chi connectivity index (χ1n) is 7.67. The molecule has 0 spiro atoms. The summed E-state index contributed by atoms with van der Waals surface area (Å²) in [6.07, 6.45) is -5.18. The molecule has 26 heavy (non-hydrogen) atoms. The number of carbonyl (C=O) groups is 1. The van der Waals surface area contributed by atoms with E-state index in [1.807, 2.05) is 6.92 Å². The Labute approximate surface area is 153 Å². The fraction of sp³-hybridized carbons (Fsp3) is 0.278. The second-order valence-corrected chi connectivity index (χ2v) is 6.02. The fourth-order valence-electron chi connectivity index (χ4n) is 2.03. The van der Waals surface area contributed by atoms with Crippen molar-refractivity contribution in [2.24, 2.45) is 0 Å². The third-order valence-electron chi connectivity index (χ3n) is 3.33. The van der Waals surface area contributed by atoms with Crippen LogP contribution in [0.1, 0.15) is 12.5 Å². The zero-order valence-corrected chi connectivity index (χ0v) is 14.8. The molecular formula is C18H17ClF3NO3. The number of alkyl halides is 3. The molecule has 0 aliphatic rings. The van der Waals surface area contributed by atoms with Crippen molar-refractivity contribution in [2.45, 2.75) is 26.1 Å². The van der Waals surface area contributed by atoms with Crippen molar-refractivity contribution in [1.82, 2.24) is 0 Å². The van der Waals surface area contributed by atoms with Gasteiger partial charge in [0.15, 0.2) is 12.7 Å². The van der Waals surface area contributed by atoms with Gasteiger partial charge in [0, 0.05) is 10.7 Å². The molecule has 1 N–H and O–H groups in total. The monoisotopic (exact) mass is 387 g/mol. The average Bonchev–Trinajstić information content (AvgIpc) is 2.56. The van der Waals surface area contributed by atoms with E-state index in [-0.39, 0.29) is 5.75 Å². The van der Waals surface area contributed by atoms with Crippen molar-refractivity contribution in [3.63, 3.8) is 0 Å². The molecule has 0 saturated carbocycles. The van der Waals surface area contributed by atoms with Gasteiger partial charge in [0.2, 0.25) is 0 Å². The lowest BCUT2D eigenvalue weighted by Gasteiger charge is -2.16. The number of anilines is 1. The first kappa shape index (κ1) is 19.9. The molecule has 4 nitrogen and oxygen atoms in total. The molecule has 8 heteroatoms. The Balaban J connectivity index is 1.92. The van der Waals surface area contributed by atoms with Crippen LogP contribution in [0, 0.1) is 6.92 Å². The second-order valence-electron chi connectivity index (χ2n) is 5.59. The molecule has 2 aromatic carbocycles. The van der Waals surface area contributed by atoms with Crippen LogP contribution >= 0.6 is 11.6 Å². The van der Waals surface area contributed by atoms with Crippen molar-refractivity contribution in [3.05, 3.63) is 53.1 Å². The summed E-state index contributed by atoms with van der Waals surface area (Å²) in [6.45, 7) is 2.03. The largest absolute Gasteiger partial charge is 0.484 e. The van der Waals surface area contributed by atoms with E-state index in [0.29, 0.717) is 16.5 Å². The number of nitrogens with one attached hydrogen (secondary N) is 1. The second kappa shape index (κ2) is 8.31. The van der Waals surface area contributed by atoms with E-state index >= 15 is 0 Å². The van der Waals surface area contributed by atoms with Crippen LogP contribution in [0.4, 0.5) is 18.9 Å². The first-order valence-corrected chi connectivity index (χ1v) is 8.05. The number of benzene rings is 2. The zero-order valence-electron chi connectivity index (χ0n) is 14.1. The van der Waals surface area contributed by atoms with E-state index < -0.39 is 24.8 Å². The smallest absolute Gasteiger partial charge is 0.422 e. The van der Waals surface area contributed by atoms with Gasteiger partial charge in [0.1, 0.15) is 11.5 Å². The minimum absolute atomic E-state index is 0.0569. The molecule has 0 fully saturated rings. The quantitative estimate of drug-likeness (QED) is 0.759. The molecule has 2 aromatic rings. The van der Waals surface area contributed by atoms with Gasteiger partial charge in [0.25, 0.3) is 5.91 Å². The Morgan fingerprint density at radius 3 is 2.42 bits per heavy atom. The molecule has 0 aromatic heterocycles. The summed E-state index contributed by atoms with van der Waals surface area (Å²) in [7, 11) is 0. The SMILES string of the molecule is Cc1cc(Cl)ccc1OC(C)C(=O)Nc1ccc(OCC(F)(F)F)cc1. The Kier molecular flexibility index (Phi) is 6.37. The summed E-state index contributed by atoms with van der Waals surface area (Å²) in [4.78, 5) is 12.2. The highest BCUT2D eigenvalue weighted by Crippen LogP contribution is 2.24. The topological polar surface area (TPSA) is 47.6 Å². The Hall–Kier alpha value is -2.41. The molecule has 1 amide bonds. The summed E-state index contributed by atoms with van der Waals surface area (Å²) in [5.74, 6) is 0.192. The van der Waals surface area contributed by atoms with Crippen molar-refractivity contribution in [3.8, 4) is 11.5 Å². The number of halogens is 4. The first-order chi connectivity index (χ1) is 12.1. The molecule has 0 aliphatic heterocycles. The predicted molar refractivity (Wildman–Crippen MR) is 92.9 cm³/mol. The average molecular weight is 388 g/mol. The number of carbonyl (C=O) groups excluding carboxylic acids is 1. The van der Waals surface area contributed by atoms with E-state index in [9.17, 15) is 18.0 Å². The van der Waals surface area contributed by atoms with Gasteiger partial charge >= 0.3 is 6.18 Å². The van der Waals surface area contributed by atoms with Gasteiger partial charge in [-0.15, -0.1) is 0 Å². The lowest BCUT2D eigenvalue weighted by molar-refractivity contribution is -0.153. The molecule has 0 saturated heterocycles. The Morgan fingerprint density at radius 1 is 1.19 bits per heavy atom. The van der Waals surface area contributed by atoms with E-state index in [4.69, 9.17) is 16.3 Å². The minimum Gasteiger partial charge on any atom is -0.484 e. The molecule has 1 unspecified atom stereocenters. The van der Waals surface area contributed by atoms with Crippen LogP contribution in [-0.4, -0.2) is 24.8 Å². The van der Waals surface area contributed by atoms with Crippen LogP contribution in [0.2, 0.25) is 5.02 Å². The summed E-state index contributed by atoms with van der Waals surface area (Å²) >= 11 is 5.88. The van der Waals surface area contributed by atoms with Crippen LogP contribution in [0.25, 0.3) is 0 Å². The Morgan fingerprint density at radius 2 is 1.85 bits per heavy atom. The van der Waals surface area contributed by atoms with Crippen LogP contribution < -0.4 is 14.8 Å². The third kappa shape index (κ3) is 6.15. The molecular weight excluding hydrogens is 371 g/mol. The van der Waals surface area contributed by atoms with Crippen molar-refractivity contribution in [2.75, 3.05) is 11.9 Å². The summed E-state index contributed by atoms with van der Waals surface area (Å²) in [5.41, 5.74) is 1.21. The van der Waals surface area contributed by atoms with Crippen LogP contribution in [0.5, 0.6) is 11.5 Å². The summed E-state index contributed by atoms with van der Waals surface area (Å²) in [6, 6.07) is 10.6. The number of ether oxygens (including phenoxy) is 2. The fourth-order valence-corrected chi connectivity index (χ4v) is 2.26. The van der Waals surface area contributed by atoms with Gasteiger partial charge < -0.3 is 14.8 Å². The van der Waals surface area contributed by atoms with Crippen LogP contribution in [0.3, 0.4) is 0 Å². The van der Waals surface area contributed by atoms with Gasteiger partial charge in [-0.3, -0.25) is 4.79 Å². The molecule has 0 heterocycles. The standard InChI is InChI=1S/C18H17ClF3NO3/c1-11-9-13(19)3-8-16(11)26-12(2)17(24)23-14-4-6-15(7-5-14)25-10-18(20,21)22/h3-9,12H,10H2,1-2H3,(H,23,24). The van der Waals surface area contributed by atoms with Crippen LogP contribution in [-0.2, 0) is 4.79 Å². The molecule has 140 valence electrons. The highest BCUT2D eigenvalue weighted by molar-refractivity contribution is 6.30. The van der Waals surface area contributed by atoms with Crippen LogP contribution in [0.15, 0.2) is 42.5 Å². The molecule has 0 radical (unpaired) electrons. The highest BCUT2D eigenvalue weighted by atomic mass is 35.5. The number of aryl methyl sites for hydroxylation is 1. The number of hydrogen-bond acceptors (Lipinski definition) is 3. The van der Waals surface area contributed by atoms with Gasteiger partial charge in [0.05, 0.1) is 0 Å². The van der Waals surface area contributed by atoms with Gasteiger partial charge in [-0.25, -0.2) is 0 Å². The van der Waals surface area contributed by atoms with E-state index in [0.717, 1.165) is 5.56 Å². The minimum atomic E-state index is -4.40. The van der Waals surface area contributed by atoms with Crippen molar-refractivity contribution < 1.29 is 27.4 Å². The van der Waals surface area contributed by atoms with Crippen molar-refractivity contribution >= 4 is 23.2 Å². The Bertz CT molecular complexity index is 763. The number of rotatable bonds is 6. The molecule has 2 rings (SSSR count). The highest BCUT2D eigenvalue weighted by Gasteiger charge is 2.28. The van der Waals surface area contributed by atoms with Crippen molar-refractivity contribution in [1.29, 1.82) is 0 Å². The maximum atomic E-state index is 12.2.